The van der Waals surface area contributed by atoms with Gasteiger partial charge in [-0.15, -0.1) is 0 Å². The SMILES string of the molecule is CCC1(CC)CCN(c2cnccc2CNC(C)C)CC1. The Hall–Kier alpha value is -1.09. The van der Waals surface area contributed by atoms with Gasteiger partial charge in [-0.1, -0.05) is 40.5 Å². The summed E-state index contributed by atoms with van der Waals surface area (Å²) in [5.74, 6) is 0. The van der Waals surface area contributed by atoms with Gasteiger partial charge < -0.3 is 10.2 Å². The van der Waals surface area contributed by atoms with E-state index in [4.69, 9.17) is 0 Å². The van der Waals surface area contributed by atoms with Crippen LogP contribution >= 0.6 is 0 Å². The third kappa shape index (κ3) is 3.97. The predicted molar refractivity (Wildman–Crippen MR) is 90.7 cm³/mol. The number of hydrogen-bond acceptors (Lipinski definition) is 3. The number of anilines is 1. The molecule has 0 radical (unpaired) electrons. The molecule has 0 spiro atoms. The molecule has 0 aliphatic carbocycles. The van der Waals surface area contributed by atoms with Gasteiger partial charge in [-0.3, -0.25) is 4.98 Å². The zero-order chi connectivity index (χ0) is 15.3. The first-order valence-corrected chi connectivity index (χ1v) is 8.51. The van der Waals surface area contributed by atoms with Crippen LogP contribution < -0.4 is 10.2 Å². The molecule has 2 rings (SSSR count). The average Bonchev–Trinajstić information content (AvgIpc) is 2.53. The third-order valence-corrected chi connectivity index (χ3v) is 5.25. The monoisotopic (exact) mass is 289 g/mol. The Morgan fingerprint density at radius 3 is 2.48 bits per heavy atom. The van der Waals surface area contributed by atoms with Gasteiger partial charge in [0.1, 0.15) is 0 Å². The Morgan fingerprint density at radius 1 is 1.24 bits per heavy atom. The summed E-state index contributed by atoms with van der Waals surface area (Å²) in [7, 11) is 0. The number of pyridine rings is 1. The minimum Gasteiger partial charge on any atom is -0.370 e. The Kier molecular flexibility index (Phi) is 5.63. The summed E-state index contributed by atoms with van der Waals surface area (Å²) in [6.07, 6.45) is 9.20. The van der Waals surface area contributed by atoms with Gasteiger partial charge in [0.25, 0.3) is 0 Å². The van der Waals surface area contributed by atoms with E-state index in [1.54, 1.807) is 0 Å². The number of piperidine rings is 1. The zero-order valence-electron chi connectivity index (χ0n) is 14.2. The summed E-state index contributed by atoms with van der Waals surface area (Å²) in [5.41, 5.74) is 3.28. The Bertz CT molecular complexity index is 428. The molecule has 0 atom stereocenters. The third-order valence-electron chi connectivity index (χ3n) is 5.25. The minimum absolute atomic E-state index is 0.514. The Morgan fingerprint density at radius 2 is 1.90 bits per heavy atom. The van der Waals surface area contributed by atoms with Gasteiger partial charge in [0, 0.05) is 31.9 Å². The van der Waals surface area contributed by atoms with Gasteiger partial charge in [-0.25, -0.2) is 0 Å². The van der Waals surface area contributed by atoms with Crippen LogP contribution in [0.1, 0.15) is 58.9 Å². The maximum atomic E-state index is 4.35. The van der Waals surface area contributed by atoms with E-state index in [-0.39, 0.29) is 0 Å². The van der Waals surface area contributed by atoms with Crippen LogP contribution in [0.3, 0.4) is 0 Å². The van der Waals surface area contributed by atoms with Crippen LogP contribution in [-0.4, -0.2) is 24.1 Å². The molecule has 0 bridgehead atoms. The molecule has 0 saturated carbocycles. The molecule has 3 nitrogen and oxygen atoms in total. The summed E-state index contributed by atoms with van der Waals surface area (Å²) in [4.78, 5) is 6.89. The maximum Gasteiger partial charge on any atom is 0.0598 e. The van der Waals surface area contributed by atoms with Crippen molar-refractivity contribution in [3.63, 3.8) is 0 Å². The zero-order valence-corrected chi connectivity index (χ0v) is 14.2. The maximum absolute atomic E-state index is 4.35. The van der Waals surface area contributed by atoms with Gasteiger partial charge in [-0.05, 0) is 29.9 Å². The Labute approximate surface area is 130 Å². The molecule has 3 heteroatoms. The smallest absolute Gasteiger partial charge is 0.0598 e. The van der Waals surface area contributed by atoms with Crippen molar-refractivity contribution in [2.45, 2.75) is 66.0 Å². The van der Waals surface area contributed by atoms with Crippen LogP contribution in [0.4, 0.5) is 5.69 Å². The van der Waals surface area contributed by atoms with Gasteiger partial charge in [0.15, 0.2) is 0 Å². The molecule has 21 heavy (non-hydrogen) atoms. The highest BCUT2D eigenvalue weighted by Crippen LogP contribution is 2.39. The van der Waals surface area contributed by atoms with Crippen LogP contribution in [0.2, 0.25) is 0 Å². The molecular weight excluding hydrogens is 258 g/mol. The largest absolute Gasteiger partial charge is 0.370 e. The molecular formula is C18H31N3. The molecule has 0 amide bonds. The number of nitrogens with one attached hydrogen (secondary N) is 1. The van der Waals surface area contributed by atoms with Crippen molar-refractivity contribution in [1.82, 2.24) is 10.3 Å². The molecule has 1 aromatic heterocycles. The van der Waals surface area contributed by atoms with E-state index in [9.17, 15) is 0 Å². The van der Waals surface area contributed by atoms with Crippen LogP contribution in [-0.2, 0) is 6.54 Å². The van der Waals surface area contributed by atoms with Crippen molar-refractivity contribution in [2.24, 2.45) is 5.41 Å². The molecule has 1 saturated heterocycles. The Balaban J connectivity index is 2.06. The van der Waals surface area contributed by atoms with Gasteiger partial charge in [0.05, 0.1) is 11.9 Å². The molecule has 0 unspecified atom stereocenters. The summed E-state index contributed by atoms with van der Waals surface area (Å²) >= 11 is 0. The summed E-state index contributed by atoms with van der Waals surface area (Å²) < 4.78 is 0. The number of hydrogen-bond donors (Lipinski definition) is 1. The second-order valence-electron chi connectivity index (χ2n) is 6.73. The van der Waals surface area contributed by atoms with E-state index >= 15 is 0 Å². The first-order valence-electron chi connectivity index (χ1n) is 8.51. The fourth-order valence-electron chi connectivity index (χ4n) is 3.34. The molecule has 1 aliphatic heterocycles. The molecule has 1 N–H and O–H groups in total. The lowest BCUT2D eigenvalue weighted by atomic mass is 9.74. The predicted octanol–water partition coefficient (Wildman–Crippen LogP) is 3.99. The van der Waals surface area contributed by atoms with E-state index in [0.29, 0.717) is 11.5 Å². The first kappa shape index (κ1) is 16.3. The number of rotatable bonds is 6. The molecule has 1 aromatic rings. The quantitative estimate of drug-likeness (QED) is 0.858. The lowest BCUT2D eigenvalue weighted by Gasteiger charge is -2.42. The molecule has 2 heterocycles. The first-order chi connectivity index (χ1) is 10.1. The van der Waals surface area contributed by atoms with Crippen molar-refractivity contribution in [3.05, 3.63) is 24.0 Å². The van der Waals surface area contributed by atoms with Gasteiger partial charge in [0.2, 0.25) is 0 Å². The fraction of sp³-hybridized carbons (Fsp3) is 0.722. The van der Waals surface area contributed by atoms with Crippen molar-refractivity contribution >= 4 is 5.69 Å². The summed E-state index contributed by atoms with van der Waals surface area (Å²) in [5, 5.41) is 3.53. The van der Waals surface area contributed by atoms with Crippen LogP contribution in [0.5, 0.6) is 0 Å². The van der Waals surface area contributed by atoms with Crippen LogP contribution in [0.15, 0.2) is 18.5 Å². The highest BCUT2D eigenvalue weighted by atomic mass is 15.1. The van der Waals surface area contributed by atoms with E-state index in [1.165, 1.54) is 50.0 Å². The lowest BCUT2D eigenvalue weighted by Crippen LogP contribution is -2.40. The van der Waals surface area contributed by atoms with E-state index in [0.717, 1.165) is 6.54 Å². The van der Waals surface area contributed by atoms with Crippen LogP contribution in [0, 0.1) is 5.41 Å². The second kappa shape index (κ2) is 7.26. The molecule has 1 fully saturated rings. The van der Waals surface area contributed by atoms with E-state index in [1.807, 2.05) is 12.4 Å². The molecule has 1 aliphatic rings. The fourth-order valence-corrected chi connectivity index (χ4v) is 3.34. The highest BCUT2D eigenvalue weighted by molar-refractivity contribution is 5.52. The highest BCUT2D eigenvalue weighted by Gasteiger charge is 2.31. The topological polar surface area (TPSA) is 28.2 Å². The molecule has 0 aromatic carbocycles. The average molecular weight is 289 g/mol. The van der Waals surface area contributed by atoms with E-state index < -0.39 is 0 Å². The summed E-state index contributed by atoms with van der Waals surface area (Å²) in [6, 6.07) is 2.67. The summed E-state index contributed by atoms with van der Waals surface area (Å²) in [6.45, 7) is 12.3. The van der Waals surface area contributed by atoms with Crippen molar-refractivity contribution in [3.8, 4) is 0 Å². The van der Waals surface area contributed by atoms with Gasteiger partial charge >= 0.3 is 0 Å². The van der Waals surface area contributed by atoms with E-state index in [2.05, 4.69) is 49.0 Å². The minimum atomic E-state index is 0.514. The van der Waals surface area contributed by atoms with Crippen molar-refractivity contribution < 1.29 is 0 Å². The number of nitrogens with zero attached hydrogens (tertiary/aromatic N) is 2. The van der Waals surface area contributed by atoms with Crippen molar-refractivity contribution in [2.75, 3.05) is 18.0 Å². The second-order valence-corrected chi connectivity index (χ2v) is 6.73. The number of aromatic nitrogens is 1. The van der Waals surface area contributed by atoms with Gasteiger partial charge in [-0.2, -0.15) is 0 Å². The standard InChI is InChI=1S/C18H31N3/c1-5-18(6-2)8-11-21(12-9-18)17-14-19-10-7-16(17)13-20-15(3)4/h7,10,14-15,20H,5-6,8-9,11-13H2,1-4H3. The molecule has 118 valence electrons. The van der Waals surface area contributed by atoms with Crippen LogP contribution in [0.25, 0.3) is 0 Å². The normalized spacial score (nSPS) is 18.2. The lowest BCUT2D eigenvalue weighted by molar-refractivity contribution is 0.199. The van der Waals surface area contributed by atoms with Crippen molar-refractivity contribution in [1.29, 1.82) is 0 Å².